The summed E-state index contributed by atoms with van der Waals surface area (Å²) in [5.74, 6) is 1.50. The van der Waals surface area contributed by atoms with Gasteiger partial charge in [0.15, 0.2) is 5.84 Å². The molecule has 1 saturated heterocycles. The number of thioether (sulfide) groups is 1. The second-order valence-corrected chi connectivity index (χ2v) is 6.03. The number of ether oxygens (including phenoxy) is 1. The zero-order valence-electron chi connectivity index (χ0n) is 11.6. The van der Waals surface area contributed by atoms with Crippen LogP contribution < -0.4 is 15.8 Å². The van der Waals surface area contributed by atoms with Crippen LogP contribution in [0.4, 0.5) is 5.69 Å². The number of para-hydroxylation sites is 2. The fourth-order valence-electron chi connectivity index (χ4n) is 2.04. The molecule has 1 atom stereocenters. The molecule has 1 amide bonds. The Morgan fingerprint density at radius 3 is 3.00 bits per heavy atom. The van der Waals surface area contributed by atoms with Crippen molar-refractivity contribution in [3.63, 3.8) is 0 Å². The Morgan fingerprint density at radius 2 is 2.29 bits per heavy atom. The monoisotopic (exact) mass is 309 g/mol. The standard InChI is InChI=1S/C14H19N3O3S/c15-13(17-19)9-20-11-6-2-1-5-10(11)16-14(18)12-7-3-4-8-21-12/h1-2,5-6,12,19H,3-4,7-9H2,(H2,15,17)(H,16,18). The average Bonchev–Trinajstić information content (AvgIpc) is 2.54. The van der Waals surface area contributed by atoms with E-state index in [4.69, 9.17) is 15.7 Å². The molecular weight excluding hydrogens is 290 g/mol. The Balaban J connectivity index is 2.00. The lowest BCUT2D eigenvalue weighted by Crippen LogP contribution is -2.28. The molecular formula is C14H19N3O3S. The van der Waals surface area contributed by atoms with Crippen molar-refractivity contribution >= 4 is 29.2 Å². The first-order valence-electron chi connectivity index (χ1n) is 6.81. The largest absolute Gasteiger partial charge is 0.483 e. The van der Waals surface area contributed by atoms with Gasteiger partial charge in [0.2, 0.25) is 5.91 Å². The van der Waals surface area contributed by atoms with Gasteiger partial charge in [-0.05, 0) is 30.7 Å². The maximum absolute atomic E-state index is 12.2. The van der Waals surface area contributed by atoms with Crippen molar-refractivity contribution in [1.82, 2.24) is 0 Å². The van der Waals surface area contributed by atoms with Crippen molar-refractivity contribution < 1.29 is 14.7 Å². The van der Waals surface area contributed by atoms with E-state index in [-0.39, 0.29) is 23.6 Å². The lowest BCUT2D eigenvalue weighted by Gasteiger charge is -2.21. The second kappa shape index (κ2) is 7.78. The number of oxime groups is 1. The lowest BCUT2D eigenvalue weighted by molar-refractivity contribution is -0.115. The van der Waals surface area contributed by atoms with E-state index in [1.807, 2.05) is 6.07 Å². The number of nitrogens with two attached hydrogens (primary N) is 1. The normalized spacial score (nSPS) is 19.0. The Morgan fingerprint density at radius 1 is 1.48 bits per heavy atom. The van der Waals surface area contributed by atoms with Crippen LogP contribution in [0.3, 0.4) is 0 Å². The van der Waals surface area contributed by atoms with Gasteiger partial charge in [0.1, 0.15) is 12.4 Å². The van der Waals surface area contributed by atoms with Gasteiger partial charge in [0, 0.05) is 0 Å². The van der Waals surface area contributed by atoms with Crippen LogP contribution in [0.2, 0.25) is 0 Å². The molecule has 1 aliphatic heterocycles. The van der Waals surface area contributed by atoms with E-state index in [0.717, 1.165) is 18.6 Å². The van der Waals surface area contributed by atoms with E-state index < -0.39 is 0 Å². The molecule has 2 rings (SSSR count). The first-order chi connectivity index (χ1) is 10.2. The number of nitrogens with one attached hydrogen (secondary N) is 1. The van der Waals surface area contributed by atoms with Crippen molar-refractivity contribution in [2.75, 3.05) is 17.7 Å². The number of benzene rings is 1. The molecule has 0 aliphatic carbocycles. The molecule has 21 heavy (non-hydrogen) atoms. The minimum absolute atomic E-state index is 0.000419. The summed E-state index contributed by atoms with van der Waals surface area (Å²) in [6.45, 7) is -0.0401. The predicted octanol–water partition coefficient (Wildman–Crippen LogP) is 2.04. The number of hydrogen-bond acceptors (Lipinski definition) is 5. The Hall–Kier alpha value is -1.89. The summed E-state index contributed by atoms with van der Waals surface area (Å²) in [6.07, 6.45) is 3.17. The molecule has 114 valence electrons. The van der Waals surface area contributed by atoms with Crippen LogP contribution in [-0.4, -0.2) is 34.6 Å². The Labute approximate surface area is 127 Å². The first-order valence-corrected chi connectivity index (χ1v) is 7.86. The summed E-state index contributed by atoms with van der Waals surface area (Å²) in [4.78, 5) is 12.2. The fourth-order valence-corrected chi connectivity index (χ4v) is 3.24. The van der Waals surface area contributed by atoms with Crippen LogP contribution >= 0.6 is 11.8 Å². The average molecular weight is 309 g/mol. The highest BCUT2D eigenvalue weighted by Crippen LogP contribution is 2.28. The molecule has 0 aromatic heterocycles. The van der Waals surface area contributed by atoms with E-state index in [0.29, 0.717) is 11.4 Å². The molecule has 0 radical (unpaired) electrons. The SMILES string of the molecule is N/C(COc1ccccc1NC(=O)C1CCCCS1)=N/O. The van der Waals surface area contributed by atoms with E-state index in [9.17, 15) is 4.79 Å². The number of amides is 1. The van der Waals surface area contributed by atoms with Crippen LogP contribution in [-0.2, 0) is 4.79 Å². The molecule has 0 bridgehead atoms. The van der Waals surface area contributed by atoms with Gasteiger partial charge >= 0.3 is 0 Å². The zero-order chi connectivity index (χ0) is 15.1. The van der Waals surface area contributed by atoms with Gasteiger partial charge in [-0.1, -0.05) is 23.7 Å². The van der Waals surface area contributed by atoms with Gasteiger partial charge in [-0.3, -0.25) is 4.79 Å². The third-order valence-electron chi connectivity index (χ3n) is 3.12. The lowest BCUT2D eigenvalue weighted by atomic mass is 10.1. The van der Waals surface area contributed by atoms with Crippen LogP contribution in [0.1, 0.15) is 19.3 Å². The van der Waals surface area contributed by atoms with Crippen LogP contribution in [0.15, 0.2) is 29.4 Å². The minimum Gasteiger partial charge on any atom is -0.483 e. The molecule has 6 nitrogen and oxygen atoms in total. The van der Waals surface area contributed by atoms with Crippen molar-refractivity contribution in [3.8, 4) is 5.75 Å². The van der Waals surface area contributed by atoms with Crippen LogP contribution in [0, 0.1) is 0 Å². The van der Waals surface area contributed by atoms with Crippen LogP contribution in [0.5, 0.6) is 5.75 Å². The van der Waals surface area contributed by atoms with Gasteiger partial charge in [-0.2, -0.15) is 0 Å². The van der Waals surface area contributed by atoms with Crippen LogP contribution in [0.25, 0.3) is 0 Å². The van der Waals surface area contributed by atoms with E-state index in [1.54, 1.807) is 30.0 Å². The molecule has 1 aromatic rings. The van der Waals surface area contributed by atoms with E-state index >= 15 is 0 Å². The molecule has 1 unspecified atom stereocenters. The molecule has 1 aliphatic rings. The number of anilines is 1. The summed E-state index contributed by atoms with van der Waals surface area (Å²) in [6, 6.07) is 7.12. The van der Waals surface area contributed by atoms with E-state index in [2.05, 4.69) is 10.5 Å². The predicted molar refractivity (Wildman–Crippen MR) is 84.1 cm³/mol. The summed E-state index contributed by atoms with van der Waals surface area (Å²) in [5.41, 5.74) is 5.97. The maximum atomic E-state index is 12.2. The number of rotatable bonds is 5. The topological polar surface area (TPSA) is 96.9 Å². The molecule has 0 saturated carbocycles. The summed E-state index contributed by atoms with van der Waals surface area (Å²) < 4.78 is 5.44. The minimum atomic E-state index is -0.0401. The van der Waals surface area contributed by atoms with Crippen molar-refractivity contribution in [2.45, 2.75) is 24.5 Å². The zero-order valence-corrected chi connectivity index (χ0v) is 12.4. The summed E-state index contributed by atoms with van der Waals surface area (Å²) >= 11 is 1.69. The molecule has 1 heterocycles. The Bertz CT molecular complexity index is 516. The van der Waals surface area contributed by atoms with Crippen molar-refractivity contribution in [3.05, 3.63) is 24.3 Å². The third-order valence-corrected chi connectivity index (χ3v) is 4.50. The summed E-state index contributed by atoms with van der Waals surface area (Å²) in [7, 11) is 0. The van der Waals surface area contributed by atoms with Crippen molar-refractivity contribution in [1.29, 1.82) is 0 Å². The molecule has 4 N–H and O–H groups in total. The van der Waals surface area contributed by atoms with Gasteiger partial charge in [0.25, 0.3) is 0 Å². The highest BCUT2D eigenvalue weighted by atomic mass is 32.2. The number of amidine groups is 1. The van der Waals surface area contributed by atoms with Gasteiger partial charge < -0.3 is 21.0 Å². The van der Waals surface area contributed by atoms with Gasteiger partial charge in [0.05, 0.1) is 10.9 Å². The van der Waals surface area contributed by atoms with Gasteiger partial charge in [-0.15, -0.1) is 11.8 Å². The smallest absolute Gasteiger partial charge is 0.237 e. The molecule has 1 fully saturated rings. The fraction of sp³-hybridized carbons (Fsp3) is 0.429. The Kier molecular flexibility index (Phi) is 5.74. The van der Waals surface area contributed by atoms with Crippen molar-refractivity contribution in [2.24, 2.45) is 10.9 Å². The highest BCUT2D eigenvalue weighted by molar-refractivity contribution is 8.00. The van der Waals surface area contributed by atoms with E-state index in [1.165, 1.54) is 6.42 Å². The second-order valence-electron chi connectivity index (χ2n) is 4.72. The molecule has 7 heteroatoms. The maximum Gasteiger partial charge on any atom is 0.237 e. The number of carbonyl (C=O) groups excluding carboxylic acids is 1. The summed E-state index contributed by atoms with van der Waals surface area (Å²) in [5, 5.41) is 14.2. The quantitative estimate of drug-likeness (QED) is 0.335. The first kappa shape index (κ1) is 15.5. The van der Waals surface area contributed by atoms with Gasteiger partial charge in [-0.25, -0.2) is 0 Å². The number of hydrogen-bond donors (Lipinski definition) is 3. The highest BCUT2D eigenvalue weighted by Gasteiger charge is 2.22. The number of carbonyl (C=O) groups is 1. The number of nitrogens with zero attached hydrogens (tertiary/aromatic N) is 1. The molecule has 1 aromatic carbocycles. The molecule has 0 spiro atoms. The third kappa shape index (κ3) is 4.56.